The molecule has 2 aromatic heterocycles. The minimum atomic E-state index is -4.97. The Bertz CT molecular complexity index is 1860. The Balaban J connectivity index is 1.34. The molecule has 0 radical (unpaired) electrons. The maximum Gasteiger partial charge on any atom is 0.418 e. The van der Waals surface area contributed by atoms with Crippen molar-refractivity contribution in [1.29, 1.82) is 0 Å². The summed E-state index contributed by atoms with van der Waals surface area (Å²) in [6.45, 7) is 8.65. The van der Waals surface area contributed by atoms with E-state index in [4.69, 9.17) is 38.4 Å². The van der Waals surface area contributed by atoms with Crippen LogP contribution in [-0.2, 0) is 6.18 Å². The second-order valence-corrected chi connectivity index (χ2v) is 14.3. The first kappa shape index (κ1) is 30.6. The van der Waals surface area contributed by atoms with Gasteiger partial charge in [0.15, 0.2) is 5.82 Å². The lowest BCUT2D eigenvalue weighted by molar-refractivity contribution is -0.137. The van der Waals surface area contributed by atoms with E-state index in [1.54, 1.807) is 0 Å². The van der Waals surface area contributed by atoms with Crippen LogP contribution in [0.4, 0.5) is 33.5 Å². The van der Waals surface area contributed by atoms with Crippen molar-refractivity contribution in [2.75, 3.05) is 37.4 Å². The van der Waals surface area contributed by atoms with Gasteiger partial charge in [-0.05, 0) is 44.4 Å². The van der Waals surface area contributed by atoms with Gasteiger partial charge in [0.25, 0.3) is 0 Å². The normalized spacial score (nSPS) is 29.3. The molecule has 0 amide bonds. The van der Waals surface area contributed by atoms with E-state index >= 15 is 4.39 Å². The molecule has 3 aliphatic heterocycles. The van der Waals surface area contributed by atoms with Crippen LogP contribution in [0.2, 0.25) is 5.02 Å². The minimum Gasteiger partial charge on any atom is -0.470 e. The first-order valence-corrected chi connectivity index (χ1v) is 16.0. The molecule has 4 fully saturated rings. The number of pyridine rings is 1. The molecule has 5 heterocycles. The van der Waals surface area contributed by atoms with Crippen LogP contribution in [0.15, 0.2) is 12.1 Å². The summed E-state index contributed by atoms with van der Waals surface area (Å²) >= 11 is 6.05. The standard InChI is InChI=1S/C32H31ClF5N7O2/c1-40-18-11-31(12-18)14-29(5-6-29)44(2)26-21-25(42-28(43-26)46-15-30-4-3-7-45(30)13-16(34)10-30)23(35)24(41-27(21)47-31)19-8-17(39)9-20(33)22(19)32(36,37)38/h8-9,16,18H,3-7,10-15,39H2,2H3/t16-,18?,30+,31?/m1/s1. The zero-order chi connectivity index (χ0) is 33.1. The van der Waals surface area contributed by atoms with Crippen LogP contribution >= 0.6 is 11.6 Å². The summed E-state index contributed by atoms with van der Waals surface area (Å²) in [4.78, 5) is 21.2. The fourth-order valence-corrected chi connectivity index (χ4v) is 8.71. The highest BCUT2D eigenvalue weighted by molar-refractivity contribution is 6.32. The monoisotopic (exact) mass is 675 g/mol. The molecule has 47 heavy (non-hydrogen) atoms. The molecule has 3 aromatic rings. The van der Waals surface area contributed by atoms with Gasteiger partial charge in [0, 0.05) is 43.2 Å². The van der Waals surface area contributed by atoms with Crippen molar-refractivity contribution in [3.8, 4) is 23.1 Å². The third kappa shape index (κ3) is 4.75. The number of nitrogen functional groups attached to an aromatic ring is 1. The van der Waals surface area contributed by atoms with Gasteiger partial charge >= 0.3 is 12.2 Å². The molecule has 5 aliphatic rings. The van der Waals surface area contributed by atoms with E-state index in [0.29, 0.717) is 32.2 Å². The first-order chi connectivity index (χ1) is 22.3. The number of alkyl halides is 4. The van der Waals surface area contributed by atoms with Crippen molar-refractivity contribution in [2.45, 2.75) is 86.4 Å². The van der Waals surface area contributed by atoms with Crippen molar-refractivity contribution >= 4 is 34.0 Å². The topological polar surface area (TPSA) is 94.0 Å². The zero-order valence-electron chi connectivity index (χ0n) is 25.4. The lowest BCUT2D eigenvalue weighted by atomic mass is 9.71. The van der Waals surface area contributed by atoms with Gasteiger partial charge < -0.3 is 25.0 Å². The third-order valence-corrected chi connectivity index (χ3v) is 11.1. The van der Waals surface area contributed by atoms with Gasteiger partial charge in [-0.15, -0.1) is 0 Å². The van der Waals surface area contributed by atoms with Crippen molar-refractivity contribution in [1.82, 2.24) is 19.9 Å². The molecule has 1 aromatic carbocycles. The van der Waals surface area contributed by atoms with Crippen LogP contribution in [-0.4, -0.2) is 75.5 Å². The molecule has 9 nitrogen and oxygen atoms in total. The number of anilines is 2. The predicted octanol–water partition coefficient (Wildman–Crippen LogP) is 6.61. The number of halogens is 6. The summed E-state index contributed by atoms with van der Waals surface area (Å²) in [5, 5.41) is -0.620. The summed E-state index contributed by atoms with van der Waals surface area (Å²) in [5.41, 5.74) is 1.02. The Labute approximate surface area is 272 Å². The Kier molecular flexibility index (Phi) is 6.61. The molecular weight excluding hydrogens is 645 g/mol. The van der Waals surface area contributed by atoms with Gasteiger partial charge in [-0.25, -0.2) is 20.3 Å². The van der Waals surface area contributed by atoms with Crippen molar-refractivity contribution < 1.29 is 31.4 Å². The molecule has 8 rings (SSSR count). The predicted molar refractivity (Wildman–Crippen MR) is 164 cm³/mol. The quantitative estimate of drug-likeness (QED) is 0.188. The van der Waals surface area contributed by atoms with Gasteiger partial charge in [-0.3, -0.25) is 4.90 Å². The highest BCUT2D eigenvalue weighted by atomic mass is 35.5. The molecule has 2 N–H and O–H groups in total. The van der Waals surface area contributed by atoms with Crippen LogP contribution in [0.5, 0.6) is 11.9 Å². The number of rotatable bonds is 4. The lowest BCUT2D eigenvalue weighted by Gasteiger charge is -2.47. The highest BCUT2D eigenvalue weighted by Crippen LogP contribution is 2.58. The number of nitrogens with two attached hydrogens (primary N) is 1. The molecule has 2 spiro atoms. The molecule has 248 valence electrons. The Morgan fingerprint density at radius 1 is 1.17 bits per heavy atom. The molecular formula is C32H31ClF5N7O2. The number of hydrogen-bond acceptors (Lipinski definition) is 8. The Morgan fingerprint density at radius 2 is 1.94 bits per heavy atom. The number of aromatic nitrogens is 3. The Hall–Kier alpha value is -3.70. The summed E-state index contributed by atoms with van der Waals surface area (Å²) < 4.78 is 87.2. The van der Waals surface area contributed by atoms with E-state index in [-0.39, 0.29) is 46.9 Å². The average molecular weight is 676 g/mol. The molecule has 2 atom stereocenters. The van der Waals surface area contributed by atoms with Crippen LogP contribution in [0.25, 0.3) is 27.0 Å². The minimum absolute atomic E-state index is 0.0698. The van der Waals surface area contributed by atoms with Crippen molar-refractivity contribution in [3.05, 3.63) is 40.0 Å². The second-order valence-electron chi connectivity index (χ2n) is 13.9. The largest absolute Gasteiger partial charge is 0.470 e. The van der Waals surface area contributed by atoms with Crippen LogP contribution in [0, 0.1) is 12.4 Å². The van der Waals surface area contributed by atoms with E-state index in [1.807, 2.05) is 11.9 Å². The number of fused-ring (bicyclic) bond motifs is 1. The smallest absolute Gasteiger partial charge is 0.418 e. The summed E-state index contributed by atoms with van der Waals surface area (Å²) in [6.07, 6.45) is -1.16. The fraction of sp³-hybridized carbons (Fsp3) is 0.562. The molecule has 2 aliphatic carbocycles. The highest BCUT2D eigenvalue weighted by Gasteiger charge is 2.61. The van der Waals surface area contributed by atoms with E-state index in [0.717, 1.165) is 44.4 Å². The van der Waals surface area contributed by atoms with Gasteiger partial charge in [0.05, 0.1) is 29.0 Å². The van der Waals surface area contributed by atoms with Gasteiger partial charge in [-0.2, -0.15) is 23.1 Å². The van der Waals surface area contributed by atoms with Gasteiger partial charge in [-0.1, -0.05) is 11.6 Å². The number of hydrogen-bond donors (Lipinski definition) is 1. The van der Waals surface area contributed by atoms with Crippen LogP contribution in [0.1, 0.15) is 56.9 Å². The van der Waals surface area contributed by atoms with E-state index < -0.39 is 56.7 Å². The van der Waals surface area contributed by atoms with Gasteiger partial charge in [0.2, 0.25) is 11.9 Å². The maximum absolute atomic E-state index is 16.8. The van der Waals surface area contributed by atoms with E-state index in [9.17, 15) is 17.6 Å². The van der Waals surface area contributed by atoms with Crippen molar-refractivity contribution in [3.63, 3.8) is 0 Å². The van der Waals surface area contributed by atoms with E-state index in [1.165, 1.54) is 0 Å². The zero-order valence-corrected chi connectivity index (χ0v) is 26.2. The third-order valence-electron chi connectivity index (χ3n) is 10.8. The maximum atomic E-state index is 16.8. The molecule has 2 saturated heterocycles. The molecule has 15 heteroatoms. The SMILES string of the molecule is [C-]#[N+]C1CC2(C1)CC1(CC1)N(C)c1nc(OC[C@@]34CCCN3C[C@H](F)C4)nc3c(F)c(-c4cc(N)cc(Cl)c4C(F)(F)F)nc(c13)O2. The van der Waals surface area contributed by atoms with Crippen LogP contribution in [0.3, 0.4) is 0 Å². The number of nitrogens with zero attached hydrogens (tertiary/aromatic N) is 6. The van der Waals surface area contributed by atoms with Crippen LogP contribution < -0.4 is 20.1 Å². The van der Waals surface area contributed by atoms with Crippen molar-refractivity contribution in [2.24, 2.45) is 0 Å². The molecule has 0 bridgehead atoms. The summed E-state index contributed by atoms with van der Waals surface area (Å²) in [6, 6.07) is 1.45. The Morgan fingerprint density at radius 3 is 2.64 bits per heavy atom. The average Bonchev–Trinajstić information content (AvgIpc) is 3.56. The summed E-state index contributed by atoms with van der Waals surface area (Å²) in [5.74, 6) is -1.03. The fourth-order valence-electron chi connectivity index (χ4n) is 8.37. The lowest BCUT2D eigenvalue weighted by Crippen LogP contribution is -2.56. The molecule has 0 unspecified atom stereocenters. The molecule has 2 saturated carbocycles. The van der Waals surface area contributed by atoms with Gasteiger partial charge in [0.1, 0.15) is 40.8 Å². The second kappa shape index (κ2) is 10.2. The number of benzene rings is 1. The van der Waals surface area contributed by atoms with E-state index in [2.05, 4.69) is 19.7 Å². The number of ether oxygens (including phenoxy) is 2. The summed E-state index contributed by atoms with van der Waals surface area (Å²) in [7, 11) is 1.83. The first-order valence-electron chi connectivity index (χ1n) is 15.6.